The molecule has 7 rings (SSSR count). The predicted octanol–water partition coefficient (Wildman–Crippen LogP) is 5.41. The van der Waals surface area contributed by atoms with E-state index in [1.165, 1.54) is 19.2 Å². The Morgan fingerprint density at radius 3 is 1.45 bits per heavy atom. The highest BCUT2D eigenvalue weighted by atomic mass is 32.2. The first-order chi connectivity index (χ1) is 48.3. The zero-order chi connectivity index (χ0) is 74.5. The standard InChI is InChI=1S/C65H85N3O29S5/c1-64(20-10-42-98(72,73)74)57(66(22-26-87-3)53-15-13-49-51(62(53)64)43-47(99(75,76)77)45-55(49)101(81,82)83)11-8-6-5-7-9-12-58-65(2,21-25-90-31-34-94-37-36-92-29-28-88-4)63-52-44-48(100(78,79)80)46-56(102(84,85)86)50(52)14-16-54(63)67(58)23-27-91-32-35-95-39-41-96-40-38-93-33-30-89-24-19-61(71)97-68-59(69)17-18-60(68)70/h5-9,11-18,43-46H,10,19-42H2,1-4H3,(H6-,69,70,72,73,74,75,76,77,78,79,80,81,82,83,84,85,86)/p+1. The number of nitrogens with zero attached hydrogens (tertiary/aromatic N) is 3. The summed E-state index contributed by atoms with van der Waals surface area (Å²) in [4.78, 5) is 15.5. The number of rotatable bonds is 46. The lowest BCUT2D eigenvalue weighted by atomic mass is 9.74. The molecule has 0 fully saturated rings. The number of hydrogen-bond acceptors (Lipinski definition) is 25. The maximum atomic E-state index is 13.0. The molecule has 3 heterocycles. The van der Waals surface area contributed by atoms with Crippen LogP contribution in [0.3, 0.4) is 0 Å². The third kappa shape index (κ3) is 22.4. The first kappa shape index (κ1) is 82.6. The smallest absolute Gasteiger partial charge is 0.335 e. The minimum absolute atomic E-state index is 0.00193. The fourth-order valence-electron chi connectivity index (χ4n) is 11.9. The normalized spacial score (nSPS) is 17.3. The molecule has 2 aliphatic heterocycles. The largest absolute Gasteiger partial charge is 0.492 e. The Kier molecular flexibility index (Phi) is 30.2. The summed E-state index contributed by atoms with van der Waals surface area (Å²) in [6.45, 7) is 7.51. The van der Waals surface area contributed by atoms with Crippen LogP contribution in [0.5, 0.6) is 11.8 Å². The first-order valence-corrected chi connectivity index (χ1v) is 39.3. The summed E-state index contributed by atoms with van der Waals surface area (Å²) >= 11 is 0. The molecule has 2 aliphatic rings. The highest BCUT2D eigenvalue weighted by molar-refractivity contribution is 7.87. The summed E-state index contributed by atoms with van der Waals surface area (Å²) in [5.74, 6) is -2.31. The highest BCUT2D eigenvalue weighted by Gasteiger charge is 2.50. The molecule has 0 saturated carbocycles. The third-order valence-corrected chi connectivity index (χ3v) is 20.8. The number of fused-ring (bicyclic) bond motifs is 6. The molecule has 102 heavy (non-hydrogen) atoms. The number of anilines is 1. The Labute approximate surface area is 591 Å². The van der Waals surface area contributed by atoms with Gasteiger partial charge in [-0.15, -0.1) is 4.73 Å². The van der Waals surface area contributed by atoms with Crippen molar-refractivity contribution in [1.29, 1.82) is 0 Å². The van der Waals surface area contributed by atoms with Gasteiger partial charge in [-0.25, -0.2) is 4.79 Å². The Morgan fingerprint density at radius 2 is 0.951 bits per heavy atom. The van der Waals surface area contributed by atoms with Crippen LogP contribution in [0.15, 0.2) is 128 Å². The highest BCUT2D eigenvalue weighted by Crippen LogP contribution is 2.54. The molecular weight excluding hydrogens is 1450 g/mol. The Morgan fingerprint density at radius 1 is 0.490 bits per heavy atom. The van der Waals surface area contributed by atoms with Gasteiger partial charge in [-0.1, -0.05) is 36.4 Å². The van der Waals surface area contributed by atoms with Crippen molar-refractivity contribution in [2.75, 3.05) is 157 Å². The molecule has 2 atom stereocenters. The molecule has 7 N–H and O–H groups in total. The van der Waals surface area contributed by atoms with Gasteiger partial charge in [0, 0.05) is 84.8 Å². The van der Waals surface area contributed by atoms with E-state index < -0.39 is 104 Å². The molecule has 0 saturated heterocycles. The topological polar surface area (TPSA) is 442 Å². The lowest BCUT2D eigenvalue weighted by Crippen LogP contribution is -2.32. The van der Waals surface area contributed by atoms with Crippen LogP contribution in [0.25, 0.3) is 21.5 Å². The number of aromatic nitrogens is 1. The molecule has 0 aliphatic carbocycles. The van der Waals surface area contributed by atoms with Gasteiger partial charge < -0.3 is 67.3 Å². The first-order valence-electron chi connectivity index (χ1n) is 31.9. The van der Waals surface area contributed by atoms with Gasteiger partial charge in [0.15, 0.2) is 12.3 Å². The van der Waals surface area contributed by atoms with Gasteiger partial charge in [0.2, 0.25) is 17.4 Å². The van der Waals surface area contributed by atoms with E-state index in [4.69, 9.17) is 52.2 Å². The molecule has 0 spiro atoms. The van der Waals surface area contributed by atoms with Gasteiger partial charge in [-0.3, -0.25) is 22.8 Å². The van der Waals surface area contributed by atoms with Crippen molar-refractivity contribution in [3.05, 3.63) is 120 Å². The summed E-state index contributed by atoms with van der Waals surface area (Å²) in [5.41, 5.74) is 0.266. The molecule has 37 heteroatoms. The number of aromatic hydroxyl groups is 2. The van der Waals surface area contributed by atoms with Crippen LogP contribution >= 0.6 is 0 Å². The van der Waals surface area contributed by atoms with Crippen molar-refractivity contribution in [3.8, 4) is 11.8 Å². The third-order valence-electron chi connectivity index (χ3n) is 16.5. The molecule has 0 bridgehead atoms. The van der Waals surface area contributed by atoms with Crippen LogP contribution in [0.2, 0.25) is 0 Å². The maximum absolute atomic E-state index is 13.0. The van der Waals surface area contributed by atoms with Gasteiger partial charge in [0.05, 0.1) is 133 Å². The fourth-order valence-corrected chi connectivity index (χ4v) is 15.1. The zero-order valence-electron chi connectivity index (χ0n) is 56.5. The minimum atomic E-state index is -5.12. The average Bonchev–Trinajstić information content (AvgIpc) is 1.61. The van der Waals surface area contributed by atoms with E-state index in [0.29, 0.717) is 70.6 Å². The van der Waals surface area contributed by atoms with E-state index in [9.17, 15) is 79.9 Å². The molecule has 564 valence electrons. The van der Waals surface area contributed by atoms with Crippen LogP contribution < -0.4 is 9.74 Å². The summed E-state index contributed by atoms with van der Waals surface area (Å²) in [6.07, 6.45) is 11.7. The van der Waals surface area contributed by atoms with Gasteiger partial charge in [0.1, 0.15) is 16.4 Å². The number of carbonyl (C=O) groups excluding carboxylic acids is 1. The molecule has 1 aromatic heterocycles. The number of methoxy groups -OCH3 is 2. The number of hydrogen-bond donors (Lipinski definition) is 7. The van der Waals surface area contributed by atoms with Crippen LogP contribution in [0.1, 0.15) is 50.7 Å². The second kappa shape index (κ2) is 37.3. The number of benzene rings is 4. The van der Waals surface area contributed by atoms with Crippen LogP contribution in [0, 0.1) is 0 Å². The van der Waals surface area contributed by atoms with Gasteiger partial charge in [0.25, 0.3) is 50.6 Å². The summed E-state index contributed by atoms with van der Waals surface area (Å²) in [6, 6.07) is 11.8. The van der Waals surface area contributed by atoms with Crippen LogP contribution in [0.4, 0.5) is 11.4 Å². The predicted molar refractivity (Wildman–Crippen MR) is 369 cm³/mol. The van der Waals surface area contributed by atoms with E-state index in [2.05, 4.69) is 0 Å². The quantitative estimate of drug-likeness (QED) is 0.0111. The number of allylic oxidation sites excluding steroid dienone is 8. The van der Waals surface area contributed by atoms with Gasteiger partial charge >= 0.3 is 5.97 Å². The second-order valence-corrected chi connectivity index (χ2v) is 30.7. The minimum Gasteiger partial charge on any atom is -0.492 e. The SMILES string of the molecule is COCCOCCOCCOCCC1(C)C(=CC=CC=CC=CC2=[N+](CCOC)c3ccc4c(S(=O)(=O)O)cc(S(=O)(=O)O)cc4c3C2(C)CCCS(=O)(=O)O)N(CCOCCOCCOCCOCCOCCC(=O)On2c(O)ccc2O)c2ccc3c(S(=O)(=O)O)cc(S(=O)(=O)O)cc3c21. The van der Waals surface area contributed by atoms with Crippen molar-refractivity contribution in [3.63, 3.8) is 0 Å². The Balaban J connectivity index is 1.13. The van der Waals surface area contributed by atoms with Crippen LogP contribution in [-0.4, -0.2) is 248 Å². The molecular formula is C65H86N3O29S5+. The molecule has 0 amide bonds. The van der Waals surface area contributed by atoms with Crippen molar-refractivity contribution < 1.29 is 137 Å². The molecule has 5 aromatic rings. The van der Waals surface area contributed by atoms with Crippen LogP contribution in [-0.2, 0) is 114 Å². The van der Waals surface area contributed by atoms with E-state index >= 15 is 0 Å². The molecule has 0 radical (unpaired) electrons. The van der Waals surface area contributed by atoms with Gasteiger partial charge in [-0.05, 0) is 91.9 Å². The van der Waals surface area contributed by atoms with E-state index in [-0.39, 0.29) is 159 Å². The summed E-state index contributed by atoms with van der Waals surface area (Å²) in [5, 5.41) is 19.1. The van der Waals surface area contributed by atoms with Crippen molar-refractivity contribution in [2.24, 2.45) is 0 Å². The van der Waals surface area contributed by atoms with E-state index in [1.54, 1.807) is 68.7 Å². The number of carbonyl (C=O) groups is 1. The summed E-state index contributed by atoms with van der Waals surface area (Å²) in [7, 11) is -21.9. The Bertz CT molecular complexity index is 4480. The second-order valence-electron chi connectivity index (χ2n) is 23.5. The lowest BCUT2D eigenvalue weighted by molar-refractivity contribution is -0.441. The zero-order valence-corrected chi connectivity index (χ0v) is 60.6. The maximum Gasteiger partial charge on any atom is 0.335 e. The van der Waals surface area contributed by atoms with E-state index in [0.717, 1.165) is 24.3 Å². The lowest BCUT2D eigenvalue weighted by Gasteiger charge is -2.31. The van der Waals surface area contributed by atoms with Crippen molar-refractivity contribution >= 4 is 95.2 Å². The van der Waals surface area contributed by atoms with Crippen molar-refractivity contribution in [2.45, 2.75) is 69.9 Å². The molecule has 32 nitrogen and oxygen atoms in total. The molecule has 2 unspecified atom stereocenters. The van der Waals surface area contributed by atoms with E-state index in [1.807, 2.05) is 16.4 Å². The molecule has 4 aromatic carbocycles. The Hall–Kier alpha value is -6.67. The monoisotopic (exact) mass is 1530 g/mol. The van der Waals surface area contributed by atoms with Gasteiger partial charge in [-0.2, -0.15) is 46.7 Å². The fraction of sp³-hybridized carbons (Fsp3) is 0.477. The summed E-state index contributed by atoms with van der Waals surface area (Å²) < 4.78 is 237. The number of ether oxygens (including phenoxy) is 10. The van der Waals surface area contributed by atoms with Crippen molar-refractivity contribution in [1.82, 2.24) is 4.73 Å². The average molecular weight is 1530 g/mol.